The third-order valence-electron chi connectivity index (χ3n) is 5.32. The molecule has 0 saturated carbocycles. The Bertz CT molecular complexity index is 1200. The summed E-state index contributed by atoms with van der Waals surface area (Å²) in [6, 6.07) is 17.8. The van der Waals surface area contributed by atoms with Crippen molar-refractivity contribution in [3.05, 3.63) is 87.5 Å². The number of benzene rings is 3. The smallest absolute Gasteiger partial charge is 0.286 e. The molecule has 1 amide bonds. The Morgan fingerprint density at radius 1 is 1.00 bits per heavy atom. The van der Waals surface area contributed by atoms with Gasteiger partial charge < -0.3 is 23.8 Å². The van der Waals surface area contributed by atoms with Crippen LogP contribution in [0.3, 0.4) is 0 Å². The minimum atomic E-state index is -0.596. The highest BCUT2D eigenvalue weighted by Crippen LogP contribution is 2.37. The van der Waals surface area contributed by atoms with Crippen LogP contribution in [-0.2, 0) is 13.2 Å². The summed E-state index contributed by atoms with van der Waals surface area (Å²) in [6.45, 7) is 1.21. The topological polar surface area (TPSA) is 100 Å². The standard InChI is InChI=1S/C25H24N2O7/c1-26(25(28)19-13-23-24(33-11-10-32-23)14-20(19)27(29)30)15-18-8-9-21(22(12-18)31-2)34-16-17-6-4-3-5-7-17/h3-9,12-14H,10-11,15-16H2,1-2H3. The molecule has 1 aliphatic rings. The van der Waals surface area contributed by atoms with Crippen LogP contribution in [0.1, 0.15) is 21.5 Å². The molecule has 9 heteroatoms. The molecule has 4 rings (SSSR count). The lowest BCUT2D eigenvalue weighted by molar-refractivity contribution is -0.385. The number of rotatable bonds is 8. The fourth-order valence-corrected chi connectivity index (χ4v) is 3.62. The van der Waals surface area contributed by atoms with Crippen molar-refractivity contribution >= 4 is 11.6 Å². The van der Waals surface area contributed by atoms with Gasteiger partial charge in [0.25, 0.3) is 11.6 Å². The van der Waals surface area contributed by atoms with Gasteiger partial charge in [0.15, 0.2) is 23.0 Å². The van der Waals surface area contributed by atoms with Gasteiger partial charge in [-0.15, -0.1) is 0 Å². The number of carbonyl (C=O) groups excluding carboxylic acids is 1. The van der Waals surface area contributed by atoms with Crippen LogP contribution in [-0.4, -0.2) is 43.1 Å². The molecular weight excluding hydrogens is 440 g/mol. The van der Waals surface area contributed by atoms with Crippen LogP contribution in [0.25, 0.3) is 0 Å². The summed E-state index contributed by atoms with van der Waals surface area (Å²) in [5.41, 5.74) is 1.41. The number of amides is 1. The van der Waals surface area contributed by atoms with Crippen molar-refractivity contribution in [2.75, 3.05) is 27.4 Å². The first-order valence-corrected chi connectivity index (χ1v) is 10.6. The summed E-state index contributed by atoms with van der Waals surface area (Å²) < 4.78 is 22.3. The van der Waals surface area contributed by atoms with Gasteiger partial charge >= 0.3 is 0 Å². The maximum absolute atomic E-state index is 13.1. The molecule has 1 aliphatic heterocycles. The van der Waals surface area contributed by atoms with E-state index in [1.165, 1.54) is 17.0 Å². The molecule has 0 bridgehead atoms. The van der Waals surface area contributed by atoms with Crippen LogP contribution in [0, 0.1) is 10.1 Å². The van der Waals surface area contributed by atoms with Crippen molar-refractivity contribution in [3.63, 3.8) is 0 Å². The molecule has 176 valence electrons. The third-order valence-corrected chi connectivity index (χ3v) is 5.32. The molecule has 0 fully saturated rings. The molecule has 3 aromatic rings. The number of hydrogen-bond donors (Lipinski definition) is 0. The zero-order valence-corrected chi connectivity index (χ0v) is 18.9. The number of ether oxygens (including phenoxy) is 4. The number of fused-ring (bicyclic) bond motifs is 1. The van der Waals surface area contributed by atoms with Crippen LogP contribution < -0.4 is 18.9 Å². The number of carbonyl (C=O) groups is 1. The van der Waals surface area contributed by atoms with Crippen LogP contribution in [0.5, 0.6) is 23.0 Å². The van der Waals surface area contributed by atoms with Crippen molar-refractivity contribution in [3.8, 4) is 23.0 Å². The Morgan fingerprint density at radius 3 is 2.38 bits per heavy atom. The van der Waals surface area contributed by atoms with E-state index < -0.39 is 10.8 Å². The van der Waals surface area contributed by atoms with Crippen LogP contribution in [0.2, 0.25) is 0 Å². The average molecular weight is 464 g/mol. The predicted octanol–water partition coefficient (Wildman–Crippen LogP) is 4.23. The maximum atomic E-state index is 13.1. The van der Waals surface area contributed by atoms with E-state index in [1.807, 2.05) is 36.4 Å². The Kier molecular flexibility index (Phi) is 6.82. The highest BCUT2D eigenvalue weighted by Gasteiger charge is 2.28. The molecule has 34 heavy (non-hydrogen) atoms. The van der Waals surface area contributed by atoms with Gasteiger partial charge in [-0.05, 0) is 23.3 Å². The number of methoxy groups -OCH3 is 1. The predicted molar refractivity (Wildman–Crippen MR) is 124 cm³/mol. The summed E-state index contributed by atoms with van der Waals surface area (Å²) in [6.07, 6.45) is 0. The van der Waals surface area contributed by atoms with Gasteiger partial charge in [-0.1, -0.05) is 36.4 Å². The highest BCUT2D eigenvalue weighted by atomic mass is 16.6. The van der Waals surface area contributed by atoms with Crippen molar-refractivity contribution in [2.45, 2.75) is 13.2 Å². The second kappa shape index (κ2) is 10.1. The average Bonchev–Trinajstić information content (AvgIpc) is 2.87. The van der Waals surface area contributed by atoms with Crippen molar-refractivity contribution < 1.29 is 28.7 Å². The number of nitro groups is 1. The summed E-state index contributed by atoms with van der Waals surface area (Å²) in [7, 11) is 3.12. The summed E-state index contributed by atoms with van der Waals surface area (Å²) in [4.78, 5) is 25.5. The molecule has 3 aromatic carbocycles. The van der Waals surface area contributed by atoms with Crippen molar-refractivity contribution in [1.29, 1.82) is 0 Å². The number of hydrogen-bond acceptors (Lipinski definition) is 7. The molecule has 0 aromatic heterocycles. The molecular formula is C25H24N2O7. The SMILES string of the molecule is COc1cc(CN(C)C(=O)c2cc3c(cc2[N+](=O)[O-])OCCO3)ccc1OCc1ccccc1. The van der Waals surface area contributed by atoms with E-state index in [2.05, 4.69) is 0 Å². The van der Waals surface area contributed by atoms with Gasteiger partial charge in [-0.3, -0.25) is 14.9 Å². The van der Waals surface area contributed by atoms with Crippen LogP contribution >= 0.6 is 0 Å². The van der Waals surface area contributed by atoms with E-state index in [0.717, 1.165) is 11.1 Å². The molecule has 0 atom stereocenters. The van der Waals surface area contributed by atoms with Gasteiger partial charge in [-0.25, -0.2) is 0 Å². The van der Waals surface area contributed by atoms with E-state index >= 15 is 0 Å². The second-order valence-electron chi connectivity index (χ2n) is 7.69. The van der Waals surface area contributed by atoms with Crippen molar-refractivity contribution in [2.24, 2.45) is 0 Å². The lowest BCUT2D eigenvalue weighted by Crippen LogP contribution is -2.27. The first-order chi connectivity index (χ1) is 16.5. The van der Waals surface area contributed by atoms with E-state index in [-0.39, 0.29) is 23.5 Å². The first kappa shape index (κ1) is 22.9. The lowest BCUT2D eigenvalue weighted by atomic mass is 10.1. The summed E-state index contributed by atoms with van der Waals surface area (Å²) >= 11 is 0. The molecule has 0 N–H and O–H groups in total. The molecule has 0 unspecified atom stereocenters. The van der Waals surface area contributed by atoms with E-state index in [9.17, 15) is 14.9 Å². The normalized spacial score (nSPS) is 12.1. The quantitative estimate of drug-likeness (QED) is 0.363. The van der Waals surface area contributed by atoms with Crippen LogP contribution in [0.15, 0.2) is 60.7 Å². The van der Waals surface area contributed by atoms with Gasteiger partial charge in [0, 0.05) is 19.7 Å². The number of nitro benzene ring substituents is 1. The van der Waals surface area contributed by atoms with E-state index in [1.54, 1.807) is 26.3 Å². The molecule has 0 aliphatic carbocycles. The van der Waals surface area contributed by atoms with Crippen molar-refractivity contribution in [1.82, 2.24) is 4.90 Å². The number of nitrogens with zero attached hydrogens (tertiary/aromatic N) is 2. The Labute approximate surface area is 196 Å². The van der Waals surface area contributed by atoms with Gasteiger partial charge in [0.1, 0.15) is 25.4 Å². The van der Waals surface area contributed by atoms with Gasteiger partial charge in [0.2, 0.25) is 0 Å². The highest BCUT2D eigenvalue weighted by molar-refractivity contribution is 5.99. The third kappa shape index (κ3) is 5.03. The molecule has 1 heterocycles. The Balaban J connectivity index is 1.50. The summed E-state index contributed by atoms with van der Waals surface area (Å²) in [5.74, 6) is 1.17. The summed E-state index contributed by atoms with van der Waals surface area (Å²) in [5, 5.41) is 11.6. The van der Waals surface area contributed by atoms with E-state index in [4.69, 9.17) is 18.9 Å². The zero-order chi connectivity index (χ0) is 24.1. The monoisotopic (exact) mass is 464 g/mol. The van der Waals surface area contributed by atoms with E-state index in [0.29, 0.717) is 37.1 Å². The Morgan fingerprint density at radius 2 is 1.71 bits per heavy atom. The van der Waals surface area contributed by atoms with Gasteiger partial charge in [0.05, 0.1) is 18.1 Å². The lowest BCUT2D eigenvalue weighted by Gasteiger charge is -2.21. The fraction of sp³-hybridized carbons (Fsp3) is 0.240. The minimum absolute atomic E-state index is 0.0634. The molecule has 9 nitrogen and oxygen atoms in total. The Hall–Kier alpha value is -4.27. The van der Waals surface area contributed by atoms with Gasteiger partial charge in [-0.2, -0.15) is 0 Å². The van der Waals surface area contributed by atoms with Crippen LogP contribution in [0.4, 0.5) is 5.69 Å². The first-order valence-electron chi connectivity index (χ1n) is 10.6. The molecule has 0 spiro atoms. The molecule has 0 radical (unpaired) electrons. The largest absolute Gasteiger partial charge is 0.493 e. The fourth-order valence-electron chi connectivity index (χ4n) is 3.62. The minimum Gasteiger partial charge on any atom is -0.493 e. The molecule has 0 saturated heterocycles. The second-order valence-corrected chi connectivity index (χ2v) is 7.69. The zero-order valence-electron chi connectivity index (χ0n) is 18.9. The maximum Gasteiger partial charge on any atom is 0.286 e.